The predicted molar refractivity (Wildman–Crippen MR) is 52.3 cm³/mol. The van der Waals surface area contributed by atoms with E-state index in [-0.39, 0.29) is 6.10 Å². The van der Waals surface area contributed by atoms with Crippen LogP contribution >= 0.6 is 15.9 Å². The molecule has 1 atom stereocenters. The van der Waals surface area contributed by atoms with Crippen LogP contribution in [0.3, 0.4) is 0 Å². The van der Waals surface area contributed by atoms with Gasteiger partial charge in [0.1, 0.15) is 4.60 Å². The van der Waals surface area contributed by atoms with Crippen LogP contribution < -0.4 is 4.74 Å². The molecule has 0 aromatic carbocycles. The summed E-state index contributed by atoms with van der Waals surface area (Å²) in [4.78, 5) is 4.06. The van der Waals surface area contributed by atoms with Crippen LogP contribution in [0.4, 0.5) is 0 Å². The Labute approximate surface area is 81.1 Å². The van der Waals surface area contributed by atoms with Gasteiger partial charge >= 0.3 is 0 Å². The first kappa shape index (κ1) is 9.52. The Bertz CT molecular complexity index is 252. The molecule has 0 spiro atoms. The van der Waals surface area contributed by atoms with Crippen molar-refractivity contribution in [2.75, 3.05) is 0 Å². The lowest BCUT2D eigenvalue weighted by atomic mass is 10.3. The van der Waals surface area contributed by atoms with Crippen LogP contribution in [0.5, 0.6) is 5.75 Å². The predicted octanol–water partition coefficient (Wildman–Crippen LogP) is 3.02. The summed E-state index contributed by atoms with van der Waals surface area (Å²) in [5.41, 5.74) is 0. The van der Waals surface area contributed by atoms with E-state index >= 15 is 0 Å². The third kappa shape index (κ3) is 2.48. The third-order valence-corrected chi connectivity index (χ3v) is 2.22. The quantitative estimate of drug-likeness (QED) is 0.744. The molecule has 1 unspecified atom stereocenters. The van der Waals surface area contributed by atoms with E-state index in [1.807, 2.05) is 19.1 Å². The first-order valence-electron chi connectivity index (χ1n) is 4.01. The molecule has 1 aromatic heterocycles. The number of ether oxygens (including phenoxy) is 1. The molecule has 3 heteroatoms. The average Bonchev–Trinajstić information content (AvgIpc) is 2.09. The van der Waals surface area contributed by atoms with E-state index in [1.54, 1.807) is 6.20 Å². The standard InChI is InChI=1S/C9H12BrNO/c1-3-7(2)12-8-5-4-6-11-9(8)10/h4-7H,3H2,1-2H3. The molecule has 0 saturated carbocycles. The molecule has 0 saturated heterocycles. The molecule has 66 valence electrons. The molecule has 0 aliphatic rings. The van der Waals surface area contributed by atoms with Crippen molar-refractivity contribution in [1.82, 2.24) is 4.98 Å². The van der Waals surface area contributed by atoms with E-state index < -0.39 is 0 Å². The molecular formula is C9H12BrNO. The van der Waals surface area contributed by atoms with Gasteiger partial charge in [0.25, 0.3) is 0 Å². The summed E-state index contributed by atoms with van der Waals surface area (Å²) in [5, 5.41) is 0. The van der Waals surface area contributed by atoms with Crippen LogP contribution in [-0.2, 0) is 0 Å². The maximum absolute atomic E-state index is 5.58. The molecule has 0 N–H and O–H groups in total. The molecular weight excluding hydrogens is 218 g/mol. The topological polar surface area (TPSA) is 22.1 Å². The fourth-order valence-electron chi connectivity index (χ4n) is 0.759. The number of hydrogen-bond acceptors (Lipinski definition) is 2. The van der Waals surface area contributed by atoms with Crippen LogP contribution in [0, 0.1) is 0 Å². The summed E-state index contributed by atoms with van der Waals surface area (Å²) in [5.74, 6) is 0.812. The van der Waals surface area contributed by atoms with Crippen molar-refractivity contribution in [3.63, 3.8) is 0 Å². The second-order valence-electron chi connectivity index (χ2n) is 2.63. The second kappa shape index (κ2) is 4.45. The molecule has 1 rings (SSSR count). The van der Waals surface area contributed by atoms with Crippen LogP contribution in [0.15, 0.2) is 22.9 Å². The van der Waals surface area contributed by atoms with Crippen LogP contribution in [-0.4, -0.2) is 11.1 Å². The third-order valence-electron chi connectivity index (χ3n) is 1.63. The van der Waals surface area contributed by atoms with Gasteiger partial charge in [-0.05, 0) is 41.4 Å². The van der Waals surface area contributed by atoms with Crippen molar-refractivity contribution in [2.45, 2.75) is 26.4 Å². The Morgan fingerprint density at radius 1 is 1.67 bits per heavy atom. The molecule has 0 fully saturated rings. The van der Waals surface area contributed by atoms with E-state index in [4.69, 9.17) is 4.74 Å². The van der Waals surface area contributed by atoms with Crippen LogP contribution in [0.2, 0.25) is 0 Å². The maximum atomic E-state index is 5.58. The summed E-state index contributed by atoms with van der Waals surface area (Å²) in [7, 11) is 0. The van der Waals surface area contributed by atoms with Gasteiger partial charge in [-0.3, -0.25) is 0 Å². The Morgan fingerprint density at radius 3 is 3.00 bits per heavy atom. The van der Waals surface area contributed by atoms with Gasteiger partial charge in [-0.15, -0.1) is 0 Å². The zero-order valence-electron chi connectivity index (χ0n) is 7.25. The molecule has 1 heterocycles. The smallest absolute Gasteiger partial charge is 0.152 e. The highest BCUT2D eigenvalue weighted by Crippen LogP contribution is 2.22. The van der Waals surface area contributed by atoms with Crippen LogP contribution in [0.1, 0.15) is 20.3 Å². The van der Waals surface area contributed by atoms with Gasteiger partial charge in [-0.1, -0.05) is 6.92 Å². The molecule has 0 aliphatic heterocycles. The summed E-state index contributed by atoms with van der Waals surface area (Å²) < 4.78 is 6.35. The van der Waals surface area contributed by atoms with E-state index in [0.717, 1.165) is 16.8 Å². The number of hydrogen-bond donors (Lipinski definition) is 0. The van der Waals surface area contributed by atoms with Crippen molar-refractivity contribution >= 4 is 15.9 Å². The molecule has 0 radical (unpaired) electrons. The lowest BCUT2D eigenvalue weighted by molar-refractivity contribution is 0.215. The van der Waals surface area contributed by atoms with Gasteiger partial charge in [0.05, 0.1) is 6.10 Å². The maximum Gasteiger partial charge on any atom is 0.152 e. The van der Waals surface area contributed by atoms with Crippen molar-refractivity contribution in [3.05, 3.63) is 22.9 Å². The van der Waals surface area contributed by atoms with Crippen molar-refractivity contribution in [3.8, 4) is 5.75 Å². The fourth-order valence-corrected chi connectivity index (χ4v) is 1.10. The summed E-state index contributed by atoms with van der Waals surface area (Å²) in [6.45, 7) is 4.13. The molecule has 1 aromatic rings. The summed E-state index contributed by atoms with van der Waals surface area (Å²) in [6.07, 6.45) is 2.97. The van der Waals surface area contributed by atoms with Gasteiger partial charge in [0, 0.05) is 6.20 Å². The van der Waals surface area contributed by atoms with E-state index in [2.05, 4.69) is 27.8 Å². The first-order chi connectivity index (χ1) is 5.74. The van der Waals surface area contributed by atoms with E-state index in [0.29, 0.717) is 0 Å². The molecule has 2 nitrogen and oxygen atoms in total. The largest absolute Gasteiger partial charge is 0.488 e. The number of aromatic nitrogens is 1. The van der Waals surface area contributed by atoms with Crippen LogP contribution in [0.25, 0.3) is 0 Å². The van der Waals surface area contributed by atoms with E-state index in [9.17, 15) is 0 Å². The SMILES string of the molecule is CCC(C)Oc1cccnc1Br. The average molecular weight is 230 g/mol. The Morgan fingerprint density at radius 2 is 2.42 bits per heavy atom. The Balaban J connectivity index is 2.69. The van der Waals surface area contributed by atoms with Crippen molar-refractivity contribution in [2.24, 2.45) is 0 Å². The Kier molecular flexibility index (Phi) is 3.53. The molecule has 12 heavy (non-hydrogen) atoms. The van der Waals surface area contributed by atoms with Gasteiger partial charge in [0.2, 0.25) is 0 Å². The lowest BCUT2D eigenvalue weighted by Gasteiger charge is -2.12. The van der Waals surface area contributed by atoms with Gasteiger partial charge < -0.3 is 4.74 Å². The van der Waals surface area contributed by atoms with Crippen molar-refractivity contribution < 1.29 is 4.74 Å². The minimum absolute atomic E-state index is 0.241. The number of halogens is 1. The summed E-state index contributed by atoms with van der Waals surface area (Å²) in [6, 6.07) is 3.77. The highest BCUT2D eigenvalue weighted by Gasteiger charge is 2.04. The van der Waals surface area contributed by atoms with Gasteiger partial charge in [-0.25, -0.2) is 4.98 Å². The zero-order chi connectivity index (χ0) is 8.97. The minimum atomic E-state index is 0.241. The molecule has 0 bridgehead atoms. The fraction of sp³-hybridized carbons (Fsp3) is 0.444. The monoisotopic (exact) mass is 229 g/mol. The van der Waals surface area contributed by atoms with Crippen molar-refractivity contribution in [1.29, 1.82) is 0 Å². The number of pyridine rings is 1. The molecule has 0 amide bonds. The second-order valence-corrected chi connectivity index (χ2v) is 3.38. The molecule has 0 aliphatic carbocycles. The number of rotatable bonds is 3. The van der Waals surface area contributed by atoms with Gasteiger partial charge in [0.15, 0.2) is 5.75 Å². The normalized spacial score (nSPS) is 12.6. The van der Waals surface area contributed by atoms with E-state index in [1.165, 1.54) is 0 Å². The lowest BCUT2D eigenvalue weighted by Crippen LogP contribution is -2.10. The minimum Gasteiger partial charge on any atom is -0.488 e. The summed E-state index contributed by atoms with van der Waals surface area (Å²) >= 11 is 3.32. The first-order valence-corrected chi connectivity index (χ1v) is 4.80. The zero-order valence-corrected chi connectivity index (χ0v) is 8.84. The Hall–Kier alpha value is -0.570. The van der Waals surface area contributed by atoms with Gasteiger partial charge in [-0.2, -0.15) is 0 Å². The number of nitrogens with zero attached hydrogens (tertiary/aromatic N) is 1. The highest BCUT2D eigenvalue weighted by molar-refractivity contribution is 9.10. The highest BCUT2D eigenvalue weighted by atomic mass is 79.9.